The maximum atomic E-state index is 13.0. The molecule has 0 aromatic heterocycles. The van der Waals surface area contributed by atoms with E-state index < -0.39 is 21.7 Å². The first-order valence-corrected chi connectivity index (χ1v) is 7.17. The molecule has 4 nitrogen and oxygen atoms in total. The zero-order chi connectivity index (χ0) is 14.8. The van der Waals surface area contributed by atoms with Gasteiger partial charge < -0.3 is 10.5 Å². The molecule has 0 bridgehead atoms. The average Bonchev–Trinajstić information content (AvgIpc) is 2.37. The van der Waals surface area contributed by atoms with Crippen LogP contribution in [0, 0.1) is 11.6 Å². The lowest BCUT2D eigenvalue weighted by atomic mass is 10.2. The Morgan fingerprint density at radius 3 is 2.05 bits per heavy atom. The standard InChI is InChI=1S/C13H11F2N2O2S/c14-10-5-11(15)7-12(6-10)17-20(18,19)13-3-1-9(8-16)2-4-13/h1-7H,8,16H2/q-1/p+1. The van der Waals surface area contributed by atoms with E-state index in [1.165, 1.54) is 12.1 Å². The first kappa shape index (κ1) is 14.4. The van der Waals surface area contributed by atoms with Crippen molar-refractivity contribution < 1.29 is 22.9 Å². The quantitative estimate of drug-likeness (QED) is 0.938. The van der Waals surface area contributed by atoms with Gasteiger partial charge in [-0.2, -0.15) is 0 Å². The third kappa shape index (κ3) is 3.31. The van der Waals surface area contributed by atoms with Crippen LogP contribution in [-0.2, 0) is 16.6 Å². The Kier molecular flexibility index (Phi) is 4.01. The summed E-state index contributed by atoms with van der Waals surface area (Å²) in [6, 6.07) is 8.34. The van der Waals surface area contributed by atoms with Gasteiger partial charge in [-0.25, -0.2) is 17.2 Å². The predicted octanol–water partition coefficient (Wildman–Crippen LogP) is 2.10. The topological polar surface area (TPSA) is 75.9 Å². The molecule has 0 saturated heterocycles. The van der Waals surface area contributed by atoms with Gasteiger partial charge in [0, 0.05) is 11.6 Å². The number of sulfonamides is 1. The minimum atomic E-state index is -4.00. The molecule has 3 N–H and O–H groups in total. The number of halogens is 2. The minimum absolute atomic E-state index is 0.0423. The van der Waals surface area contributed by atoms with Crippen LogP contribution in [0.2, 0.25) is 0 Å². The van der Waals surface area contributed by atoms with E-state index in [1.807, 2.05) is 0 Å². The van der Waals surface area contributed by atoms with Gasteiger partial charge in [-0.15, -0.1) is 5.69 Å². The van der Waals surface area contributed by atoms with Gasteiger partial charge in [0.15, 0.2) is 0 Å². The van der Waals surface area contributed by atoms with Crippen molar-refractivity contribution >= 4 is 15.7 Å². The lowest BCUT2D eigenvalue weighted by molar-refractivity contribution is -0.386. The van der Waals surface area contributed by atoms with Gasteiger partial charge in [0.2, 0.25) is 0 Å². The van der Waals surface area contributed by atoms with Crippen LogP contribution in [0.25, 0.3) is 4.72 Å². The molecule has 2 aromatic carbocycles. The lowest BCUT2D eigenvalue weighted by Crippen LogP contribution is -2.47. The van der Waals surface area contributed by atoms with Crippen molar-refractivity contribution in [2.24, 2.45) is 0 Å². The second-order valence-corrected chi connectivity index (χ2v) is 5.69. The maximum Gasteiger partial charge on any atom is 0.124 e. The first-order chi connectivity index (χ1) is 9.40. The highest BCUT2D eigenvalue weighted by molar-refractivity contribution is 7.94. The Hall–Kier alpha value is -1.99. The molecular formula is C13H12F2N2O2S. The van der Waals surface area contributed by atoms with Crippen LogP contribution in [0.3, 0.4) is 0 Å². The van der Waals surface area contributed by atoms with Crippen LogP contribution in [0.5, 0.6) is 0 Å². The second kappa shape index (κ2) is 5.56. The van der Waals surface area contributed by atoms with Crippen LogP contribution in [-0.4, -0.2) is 8.42 Å². The SMILES string of the molecule is [NH3+]Cc1ccc(S(=O)(=O)[N-]c2cc(F)cc(F)c2)cc1. The summed E-state index contributed by atoms with van der Waals surface area (Å²) in [7, 11) is -4.00. The van der Waals surface area contributed by atoms with E-state index in [4.69, 9.17) is 0 Å². The van der Waals surface area contributed by atoms with E-state index in [0.29, 0.717) is 12.6 Å². The normalized spacial score (nSPS) is 11.3. The number of rotatable bonds is 4. The molecule has 0 fully saturated rings. The molecule has 7 heteroatoms. The van der Waals surface area contributed by atoms with Crippen molar-refractivity contribution in [1.29, 1.82) is 0 Å². The molecule has 0 saturated carbocycles. The molecule has 2 rings (SSSR count). The van der Waals surface area contributed by atoms with Gasteiger partial charge in [-0.3, -0.25) is 0 Å². The summed E-state index contributed by atoms with van der Waals surface area (Å²) < 4.78 is 53.4. The van der Waals surface area contributed by atoms with Gasteiger partial charge in [0.1, 0.15) is 21.7 Å². The molecule has 0 aliphatic heterocycles. The van der Waals surface area contributed by atoms with E-state index >= 15 is 0 Å². The highest BCUT2D eigenvalue weighted by Crippen LogP contribution is 2.28. The van der Waals surface area contributed by atoms with Crippen LogP contribution in [0.4, 0.5) is 14.5 Å². The Balaban J connectivity index is 2.30. The highest BCUT2D eigenvalue weighted by Gasteiger charge is 2.06. The average molecular weight is 298 g/mol. The predicted molar refractivity (Wildman–Crippen MR) is 69.6 cm³/mol. The molecule has 0 unspecified atom stereocenters. The molecular weight excluding hydrogens is 286 g/mol. The fourth-order valence-electron chi connectivity index (χ4n) is 1.61. The molecule has 0 radical (unpaired) electrons. The van der Waals surface area contributed by atoms with E-state index in [0.717, 1.165) is 17.7 Å². The summed E-state index contributed by atoms with van der Waals surface area (Å²) in [5.74, 6) is -1.77. The zero-order valence-electron chi connectivity index (χ0n) is 10.4. The largest absolute Gasteiger partial charge is 0.573 e. The summed E-state index contributed by atoms with van der Waals surface area (Å²) >= 11 is 0. The lowest BCUT2D eigenvalue weighted by Gasteiger charge is -2.22. The molecule has 0 aliphatic carbocycles. The molecule has 2 aromatic rings. The summed E-state index contributed by atoms with van der Waals surface area (Å²) in [5, 5.41) is 0. The third-order valence-corrected chi connectivity index (χ3v) is 3.90. The molecule has 0 aliphatic rings. The van der Waals surface area contributed by atoms with Gasteiger partial charge in [-0.1, -0.05) is 12.1 Å². The number of nitrogens with zero attached hydrogens (tertiary/aromatic N) is 1. The van der Waals surface area contributed by atoms with Crippen molar-refractivity contribution in [3.63, 3.8) is 0 Å². The molecule has 0 atom stereocenters. The Morgan fingerprint density at radius 1 is 1.00 bits per heavy atom. The summed E-state index contributed by atoms with van der Waals surface area (Å²) in [5.41, 5.74) is 4.27. The second-order valence-electron chi connectivity index (χ2n) is 4.09. The number of hydrogen-bond acceptors (Lipinski definition) is 2. The Labute approximate surface area is 115 Å². The monoisotopic (exact) mass is 298 g/mol. The van der Waals surface area contributed by atoms with E-state index in [1.54, 1.807) is 12.1 Å². The van der Waals surface area contributed by atoms with Crippen LogP contribution in [0.1, 0.15) is 5.56 Å². The fourth-order valence-corrected chi connectivity index (χ4v) is 2.58. The van der Waals surface area contributed by atoms with Crippen molar-refractivity contribution in [3.05, 3.63) is 64.4 Å². The van der Waals surface area contributed by atoms with Crippen molar-refractivity contribution in [1.82, 2.24) is 0 Å². The van der Waals surface area contributed by atoms with Crippen molar-refractivity contribution in [3.8, 4) is 0 Å². The number of quaternary nitrogens is 1. The number of hydrogen-bond donors (Lipinski definition) is 1. The van der Waals surface area contributed by atoms with Gasteiger partial charge in [-0.05, 0) is 24.3 Å². The van der Waals surface area contributed by atoms with Crippen LogP contribution >= 0.6 is 0 Å². The Bertz CT molecular complexity index is 695. The first-order valence-electron chi connectivity index (χ1n) is 5.73. The summed E-state index contributed by atoms with van der Waals surface area (Å²) in [4.78, 5) is -0.0423. The maximum absolute atomic E-state index is 13.0. The fraction of sp³-hybridized carbons (Fsp3) is 0.0769. The summed E-state index contributed by atoms with van der Waals surface area (Å²) in [6.45, 7) is 0.534. The van der Waals surface area contributed by atoms with Gasteiger partial charge in [0.05, 0.1) is 11.4 Å². The smallest absolute Gasteiger partial charge is 0.124 e. The molecule has 0 amide bonds. The molecule has 106 valence electrons. The van der Waals surface area contributed by atoms with E-state index in [2.05, 4.69) is 10.5 Å². The van der Waals surface area contributed by atoms with E-state index in [-0.39, 0.29) is 10.6 Å². The van der Waals surface area contributed by atoms with Gasteiger partial charge in [0.25, 0.3) is 0 Å². The minimum Gasteiger partial charge on any atom is -0.573 e. The van der Waals surface area contributed by atoms with Crippen LogP contribution in [0.15, 0.2) is 47.4 Å². The highest BCUT2D eigenvalue weighted by atomic mass is 32.2. The Morgan fingerprint density at radius 2 is 1.55 bits per heavy atom. The number of benzene rings is 2. The molecule has 0 heterocycles. The molecule has 20 heavy (non-hydrogen) atoms. The van der Waals surface area contributed by atoms with E-state index in [9.17, 15) is 17.2 Å². The summed E-state index contributed by atoms with van der Waals surface area (Å²) in [6.07, 6.45) is 0. The third-order valence-electron chi connectivity index (χ3n) is 2.58. The van der Waals surface area contributed by atoms with Crippen molar-refractivity contribution in [2.75, 3.05) is 0 Å². The van der Waals surface area contributed by atoms with Crippen LogP contribution < -0.4 is 5.73 Å². The van der Waals surface area contributed by atoms with Crippen molar-refractivity contribution in [2.45, 2.75) is 11.4 Å². The van der Waals surface area contributed by atoms with Gasteiger partial charge >= 0.3 is 0 Å². The zero-order valence-corrected chi connectivity index (χ0v) is 11.2. The molecule has 0 spiro atoms.